The van der Waals surface area contributed by atoms with Gasteiger partial charge in [0.05, 0.1) is 71.2 Å². The van der Waals surface area contributed by atoms with Crippen molar-refractivity contribution in [3.05, 3.63) is 175 Å². The molecule has 5 saturated heterocycles. The van der Waals surface area contributed by atoms with Crippen molar-refractivity contribution in [1.29, 1.82) is 0 Å². The largest absolute Gasteiger partial charge is 0.458 e. The molecule has 3 N–H and O–H groups in total. The molecule has 10 aliphatic heterocycles. The maximum absolute atomic E-state index is 12.6. The molecule has 10 heterocycles. The predicted octanol–water partition coefficient (Wildman–Crippen LogP) is 14.9. The molecule has 126 heavy (non-hydrogen) atoms. The highest BCUT2D eigenvalue weighted by Gasteiger charge is 2.68. The lowest BCUT2D eigenvalue weighted by molar-refractivity contribution is -0.198. The molecule has 20 rings (SSSR count). The van der Waals surface area contributed by atoms with Gasteiger partial charge >= 0.3 is 53.7 Å². The van der Waals surface area contributed by atoms with Crippen LogP contribution in [-0.2, 0) is 114 Å². The number of hydrogen-bond acceptors (Lipinski definition) is 27. The third-order valence-corrected chi connectivity index (χ3v) is 29.4. The van der Waals surface area contributed by atoms with Gasteiger partial charge in [-0.2, -0.15) is 0 Å². The molecule has 0 amide bonds. The highest BCUT2D eigenvalue weighted by Crippen LogP contribution is 2.63. The summed E-state index contributed by atoms with van der Waals surface area (Å²) in [5.41, 5.74) is 9.38. The standard InChI is InChI=1S/C20H26O4.3C19H22O6.C18H20O5.C4H10/c1-11-8-16(23-12(11)2)22-10-15-14-9-13-6-5-7-20(3,4)17(13)18(14)24-19(15)21;1-9-6-14(24-17(9)21)23-8-12-10-7-11-13(20)4-5-19(2,3)15(11)16(10)25-18(12)22;1-10-7-14(24-16(10)20)23-9-13-12-8-11-5-4-6-18(2,3)19(11,22)15(12)25-17(13)21;1-10-7-14(24-16(10)21)23-9-13-12-8-11-5-4-6-18(2,3)19(11,15(12)20)25-17(13)22;1-9-4-3-5-11-7-12-13(18(20)23-16(12)15(9)11)8-21-14-6-10(2)17(19)22-14;1-4(2)3/h8,10,13-14,16-18H,2,5-7,9H2,1,3-4H3;6,8,10,13-14,16,20H,4-5,7H2,1-3H3;7-9,12,14-15,22H,4-6H2,1-3H3;7-9,12,14-15,20H,4-6H2,1-3H3;6,8-9,12,14,16H,3-5,7H2,1-2H3;4H,1-3H3/b15-10+;12-8+;2*13-9+;13-8+;/t;;;12-,14?,15-,19-;;/m...1../s1. The molecule has 1 spiro atoms. The maximum Gasteiger partial charge on any atom is 0.338 e. The number of hydrogen-bond donors (Lipinski definition) is 3. The van der Waals surface area contributed by atoms with Crippen molar-refractivity contribution in [3.63, 3.8) is 0 Å². The Hall–Kier alpha value is -9.99. The predicted molar refractivity (Wildman–Crippen MR) is 451 cm³/mol. The summed E-state index contributed by atoms with van der Waals surface area (Å²) in [6.07, 6.45) is 29.7. The van der Waals surface area contributed by atoms with Gasteiger partial charge in [0.2, 0.25) is 0 Å². The topological polar surface area (TPSA) is 353 Å². The van der Waals surface area contributed by atoms with Gasteiger partial charge in [-0.3, -0.25) is 0 Å². The van der Waals surface area contributed by atoms with Crippen LogP contribution in [-0.4, -0.2) is 148 Å². The van der Waals surface area contributed by atoms with Crippen molar-refractivity contribution in [1.82, 2.24) is 0 Å². The van der Waals surface area contributed by atoms with E-state index in [1.807, 2.05) is 52.8 Å². The van der Waals surface area contributed by atoms with E-state index in [0.29, 0.717) is 74.5 Å². The Balaban J connectivity index is 0.000000120. The molecule has 4 saturated carbocycles. The van der Waals surface area contributed by atoms with E-state index in [0.717, 1.165) is 111 Å². The zero-order valence-corrected chi connectivity index (χ0v) is 75.3. The molecule has 0 aromatic heterocycles. The molecule has 27 nitrogen and oxygen atoms in total. The number of esters is 9. The SMILES string of the molecule is C=C1OC(O/C=C2/C(=O)OC3C2CC2CCCC(C)(C)C23)C=C1C.CC(C)C.CC1=CC(O/C=C2/C(=O)OC3C2C=C2CCCC(C)(C)C23O)OC1=O.CC1=CC(O/C=C2/C(=O)OC3C4=C(CC23)C(O)CCC4(C)C)OC1=O.CC1=CC(O/C=C2/C(=O)OC3C4=C(CCCC4C)CC23)OC1=O.CC1=CC(O/C=C2/C(=O)O[C@]34C(=C[C@H]2[C@H]3O)CCCC4(C)C)OC1=O. The Morgan fingerprint density at radius 2 is 0.921 bits per heavy atom. The van der Waals surface area contributed by atoms with E-state index in [1.165, 1.54) is 61.9 Å². The lowest BCUT2D eigenvalue weighted by atomic mass is 9.61. The van der Waals surface area contributed by atoms with Crippen molar-refractivity contribution < 1.29 is 130 Å². The summed E-state index contributed by atoms with van der Waals surface area (Å²) in [6, 6.07) is 0. The smallest absolute Gasteiger partial charge is 0.338 e. The van der Waals surface area contributed by atoms with E-state index >= 15 is 0 Å². The molecular formula is C99H122O27. The number of fused-ring (bicyclic) bond motifs is 11. The number of aliphatic hydroxyl groups is 3. The van der Waals surface area contributed by atoms with Crippen LogP contribution >= 0.6 is 0 Å². The fourth-order valence-electron chi connectivity index (χ4n) is 22.8. The summed E-state index contributed by atoms with van der Waals surface area (Å²) < 4.78 is 81.6. The number of carbonyl (C=O) groups is 9. The molecule has 27 heteroatoms. The summed E-state index contributed by atoms with van der Waals surface area (Å²) in [6.45, 7) is 38.1. The third kappa shape index (κ3) is 16.7. The van der Waals surface area contributed by atoms with Crippen molar-refractivity contribution in [3.8, 4) is 0 Å². The number of ether oxygens (including phenoxy) is 15. The number of allylic oxidation sites excluding steroid dienone is 2. The van der Waals surface area contributed by atoms with Gasteiger partial charge in [0.25, 0.3) is 31.5 Å². The Bertz CT molecular complexity index is 5000. The lowest BCUT2D eigenvalue weighted by Gasteiger charge is -2.52. The molecule has 0 aromatic rings. The van der Waals surface area contributed by atoms with Gasteiger partial charge in [-0.1, -0.05) is 114 Å². The van der Waals surface area contributed by atoms with E-state index < -0.39 is 103 Å². The van der Waals surface area contributed by atoms with Crippen LogP contribution < -0.4 is 0 Å². The number of cyclic esters (lactones) is 4. The monoisotopic (exact) mass is 1740 g/mol. The second-order valence-corrected chi connectivity index (χ2v) is 40.5. The Morgan fingerprint density at radius 1 is 0.460 bits per heavy atom. The van der Waals surface area contributed by atoms with Gasteiger partial charge in [0.1, 0.15) is 41.9 Å². The minimum atomic E-state index is -1.14. The highest BCUT2D eigenvalue weighted by molar-refractivity contribution is 5.96. The van der Waals surface area contributed by atoms with Gasteiger partial charge in [-0.15, -0.1) is 0 Å². The first-order valence-electron chi connectivity index (χ1n) is 44.8. The molecule has 0 aromatic carbocycles. The second kappa shape index (κ2) is 34.6. The first kappa shape index (κ1) is 90.8. The molecular weight excluding hydrogens is 1620 g/mol. The molecule has 21 atom stereocenters. The van der Waals surface area contributed by atoms with E-state index in [1.54, 1.807) is 58.3 Å². The summed E-state index contributed by atoms with van der Waals surface area (Å²) >= 11 is 0. The van der Waals surface area contributed by atoms with E-state index in [4.69, 9.17) is 71.1 Å². The van der Waals surface area contributed by atoms with E-state index in [2.05, 4.69) is 62.0 Å². The number of aliphatic hydroxyl groups excluding tert-OH is 2. The highest BCUT2D eigenvalue weighted by atomic mass is 16.7. The lowest BCUT2D eigenvalue weighted by Crippen LogP contribution is -2.61. The van der Waals surface area contributed by atoms with Crippen molar-refractivity contribution in [2.45, 2.75) is 306 Å². The van der Waals surface area contributed by atoms with Gasteiger partial charge in [-0.05, 0) is 199 Å². The average molecular weight is 1740 g/mol. The Kier molecular flexibility index (Phi) is 24.9. The van der Waals surface area contributed by atoms with Gasteiger partial charge in [-0.25, -0.2) is 43.2 Å². The summed E-state index contributed by atoms with van der Waals surface area (Å²) in [4.78, 5) is 107. The first-order chi connectivity index (χ1) is 59.4. The number of rotatable bonds is 10. The van der Waals surface area contributed by atoms with Crippen LogP contribution in [0.1, 0.15) is 227 Å². The van der Waals surface area contributed by atoms with E-state index in [9.17, 15) is 58.5 Å². The van der Waals surface area contributed by atoms with Gasteiger partial charge in [0.15, 0.2) is 5.60 Å². The van der Waals surface area contributed by atoms with Gasteiger partial charge in [0, 0.05) is 93.1 Å². The fourth-order valence-corrected chi connectivity index (χ4v) is 22.8. The molecule has 680 valence electrons. The summed E-state index contributed by atoms with van der Waals surface area (Å²) in [5, 5.41) is 32.7. The van der Waals surface area contributed by atoms with E-state index in [-0.39, 0.29) is 87.1 Å². The third-order valence-electron chi connectivity index (χ3n) is 29.4. The average Bonchev–Trinajstić information content (AvgIpc) is 1.53. The number of carbonyl (C=O) groups excluding carboxylic acids is 9. The summed E-state index contributed by atoms with van der Waals surface area (Å²) in [7, 11) is 0. The molecule has 2 bridgehead atoms. The molecule has 20 aliphatic rings. The molecule has 0 radical (unpaired) electrons. The van der Waals surface area contributed by atoms with Crippen LogP contribution in [0.4, 0.5) is 0 Å². The van der Waals surface area contributed by atoms with Crippen molar-refractivity contribution in [2.24, 2.45) is 74.9 Å². The van der Waals surface area contributed by atoms with Crippen LogP contribution in [0.25, 0.3) is 0 Å². The van der Waals surface area contributed by atoms with Crippen LogP contribution in [0.5, 0.6) is 0 Å². The minimum absolute atomic E-state index is 0.0180. The Morgan fingerprint density at radius 3 is 1.44 bits per heavy atom. The van der Waals surface area contributed by atoms with Crippen molar-refractivity contribution in [2.75, 3.05) is 0 Å². The maximum atomic E-state index is 12.6. The first-order valence-corrected chi connectivity index (χ1v) is 44.8. The molecule has 9 fully saturated rings. The Labute approximate surface area is 736 Å². The van der Waals surface area contributed by atoms with Crippen LogP contribution in [0, 0.1) is 74.9 Å². The summed E-state index contributed by atoms with van der Waals surface area (Å²) in [5.74, 6) is -1.24. The minimum Gasteiger partial charge on any atom is -0.458 e. The molecule has 10 aliphatic carbocycles. The van der Waals surface area contributed by atoms with Crippen LogP contribution in [0.15, 0.2) is 175 Å². The second-order valence-electron chi connectivity index (χ2n) is 40.5. The zero-order valence-electron chi connectivity index (χ0n) is 75.3. The van der Waals surface area contributed by atoms with Gasteiger partial charge < -0.3 is 86.4 Å². The van der Waals surface area contributed by atoms with Crippen LogP contribution in [0.2, 0.25) is 0 Å². The normalized spacial score (nSPS) is 38.4. The van der Waals surface area contributed by atoms with Crippen molar-refractivity contribution >= 4 is 53.7 Å². The van der Waals surface area contributed by atoms with Crippen LogP contribution in [0.3, 0.4) is 0 Å². The quantitative estimate of drug-likeness (QED) is 0.0601. The zero-order chi connectivity index (χ0) is 90.7. The fraction of sp³-hybridized carbons (Fsp3) is 0.606. The molecule has 18 unspecified atom stereocenters.